The Bertz CT molecular complexity index is 1460. The first kappa shape index (κ1) is 21.2. The molecule has 3 heterocycles. The first-order chi connectivity index (χ1) is 16.8. The van der Waals surface area contributed by atoms with E-state index in [9.17, 15) is 18.8 Å². The standard InChI is InChI=1S/C24H20FN7O3/c1-11-19(21(33)23(35)29-24(4-5-24)18-10-27-31-30-18)17-8-12-7-16(12)32(17)20(11)22(34)28-14-2-3-15(25)13(6-14)9-26/h2-3,6,10,12,16H,4-5,7-8H2,1H3,(H,28,34)(H,29,35)(H,27,30,31)/t12?,16-/m1/s1. The van der Waals surface area contributed by atoms with E-state index in [1.165, 1.54) is 12.1 Å². The Labute approximate surface area is 198 Å². The number of Topliss-reactive ketones (excluding diaryl/α,β-unsaturated/α-hetero) is 1. The maximum atomic E-state index is 13.7. The number of hydrogen-bond acceptors (Lipinski definition) is 6. The third kappa shape index (κ3) is 3.24. The molecule has 2 aliphatic carbocycles. The number of rotatable bonds is 6. The molecule has 0 radical (unpaired) electrons. The first-order valence-electron chi connectivity index (χ1n) is 11.3. The van der Waals surface area contributed by atoms with Gasteiger partial charge in [0.2, 0.25) is 0 Å². The van der Waals surface area contributed by atoms with Crippen LogP contribution < -0.4 is 10.6 Å². The van der Waals surface area contributed by atoms with Gasteiger partial charge in [-0.1, -0.05) is 5.21 Å². The molecular formula is C24H20FN7O3. The number of benzene rings is 1. The van der Waals surface area contributed by atoms with Crippen LogP contribution >= 0.6 is 0 Å². The second-order valence-electron chi connectivity index (χ2n) is 9.42. The van der Waals surface area contributed by atoms with Crippen LogP contribution in [0, 0.1) is 30.0 Å². The van der Waals surface area contributed by atoms with Crippen LogP contribution in [0.5, 0.6) is 0 Å². The smallest absolute Gasteiger partial charge is 0.293 e. The minimum atomic E-state index is -0.744. The minimum Gasteiger partial charge on any atom is -0.338 e. The van der Waals surface area contributed by atoms with Crippen molar-refractivity contribution >= 4 is 23.3 Å². The normalized spacial score (nSPS) is 20.4. The quantitative estimate of drug-likeness (QED) is 0.370. The number of aromatic amines is 1. The summed E-state index contributed by atoms with van der Waals surface area (Å²) in [7, 11) is 0. The number of ketones is 1. The van der Waals surface area contributed by atoms with Gasteiger partial charge in [-0.3, -0.25) is 19.5 Å². The van der Waals surface area contributed by atoms with Gasteiger partial charge in [-0.05, 0) is 62.3 Å². The van der Waals surface area contributed by atoms with E-state index in [2.05, 4.69) is 26.0 Å². The molecule has 2 aromatic heterocycles. The van der Waals surface area contributed by atoms with Crippen LogP contribution in [-0.2, 0) is 16.8 Å². The molecule has 176 valence electrons. The minimum absolute atomic E-state index is 0.113. The summed E-state index contributed by atoms with van der Waals surface area (Å²) in [5.74, 6) is -2.24. The molecule has 3 aliphatic rings. The average Bonchev–Trinajstić information content (AvgIpc) is 3.62. The number of H-pyrrole nitrogens is 1. The molecule has 0 saturated heterocycles. The van der Waals surface area contributed by atoms with E-state index < -0.39 is 29.0 Å². The highest BCUT2D eigenvalue weighted by Gasteiger charge is 2.52. The number of nitrogens with one attached hydrogen (secondary N) is 3. The molecule has 1 aromatic carbocycles. The van der Waals surface area contributed by atoms with E-state index >= 15 is 0 Å². The van der Waals surface area contributed by atoms with Crippen LogP contribution in [0.2, 0.25) is 0 Å². The molecular weight excluding hydrogens is 453 g/mol. The molecule has 6 rings (SSSR count). The molecule has 3 N–H and O–H groups in total. The fourth-order valence-corrected chi connectivity index (χ4v) is 5.21. The maximum Gasteiger partial charge on any atom is 0.293 e. The van der Waals surface area contributed by atoms with Crippen LogP contribution in [0.4, 0.5) is 10.1 Å². The summed E-state index contributed by atoms with van der Waals surface area (Å²) < 4.78 is 15.6. The van der Waals surface area contributed by atoms with Crippen molar-refractivity contribution in [2.45, 2.75) is 44.2 Å². The summed E-state index contributed by atoms with van der Waals surface area (Å²) in [6.07, 6.45) is 4.45. The van der Waals surface area contributed by atoms with E-state index in [1.807, 2.05) is 4.57 Å². The van der Waals surface area contributed by atoms with Gasteiger partial charge in [0.05, 0.1) is 16.7 Å². The molecule has 1 unspecified atom stereocenters. The van der Waals surface area contributed by atoms with Crippen LogP contribution in [0.15, 0.2) is 24.4 Å². The second-order valence-corrected chi connectivity index (χ2v) is 9.42. The number of carbonyl (C=O) groups excluding carboxylic acids is 3. The van der Waals surface area contributed by atoms with E-state index in [0.717, 1.165) is 12.5 Å². The van der Waals surface area contributed by atoms with Crippen molar-refractivity contribution in [1.29, 1.82) is 5.26 Å². The maximum absolute atomic E-state index is 13.7. The number of hydrogen-bond donors (Lipinski definition) is 3. The van der Waals surface area contributed by atoms with E-state index in [4.69, 9.17) is 5.26 Å². The monoisotopic (exact) mass is 473 g/mol. The lowest BCUT2D eigenvalue weighted by molar-refractivity contribution is -0.118. The Morgan fingerprint density at radius 1 is 1.31 bits per heavy atom. The molecule has 2 amide bonds. The van der Waals surface area contributed by atoms with Crippen LogP contribution in [0.1, 0.15) is 68.7 Å². The Hall–Kier alpha value is -4.33. The van der Waals surface area contributed by atoms with Crippen molar-refractivity contribution in [3.8, 4) is 6.07 Å². The molecule has 10 nitrogen and oxygen atoms in total. The highest BCUT2D eigenvalue weighted by atomic mass is 19.1. The predicted molar refractivity (Wildman–Crippen MR) is 119 cm³/mol. The van der Waals surface area contributed by atoms with Crippen molar-refractivity contribution in [2.75, 3.05) is 5.32 Å². The van der Waals surface area contributed by atoms with E-state index in [-0.39, 0.29) is 22.9 Å². The lowest BCUT2D eigenvalue weighted by Gasteiger charge is -2.14. The summed E-state index contributed by atoms with van der Waals surface area (Å²) in [4.78, 5) is 39.7. The molecule has 0 spiro atoms. The summed E-state index contributed by atoms with van der Waals surface area (Å²) in [5.41, 5.74) is 1.65. The van der Waals surface area contributed by atoms with Gasteiger partial charge in [-0.2, -0.15) is 5.26 Å². The topological polar surface area (TPSA) is 146 Å². The molecule has 11 heteroatoms. The van der Waals surface area contributed by atoms with Crippen LogP contribution in [-0.4, -0.2) is 37.6 Å². The van der Waals surface area contributed by atoms with Gasteiger partial charge < -0.3 is 15.2 Å². The van der Waals surface area contributed by atoms with Gasteiger partial charge in [-0.15, -0.1) is 5.10 Å². The Morgan fingerprint density at radius 3 is 2.80 bits per heavy atom. The number of amides is 2. The van der Waals surface area contributed by atoms with E-state index in [1.54, 1.807) is 19.2 Å². The molecule has 1 aliphatic heterocycles. The number of anilines is 1. The Kier molecular flexibility index (Phi) is 4.45. The van der Waals surface area contributed by atoms with Crippen molar-refractivity contribution in [2.24, 2.45) is 5.92 Å². The van der Waals surface area contributed by atoms with Crippen molar-refractivity contribution in [1.82, 2.24) is 25.3 Å². The lowest BCUT2D eigenvalue weighted by atomic mass is 10.0. The lowest BCUT2D eigenvalue weighted by Crippen LogP contribution is -2.40. The van der Waals surface area contributed by atoms with Gasteiger partial charge in [0.1, 0.15) is 23.3 Å². The summed E-state index contributed by atoms with van der Waals surface area (Å²) in [6, 6.07) is 5.61. The third-order valence-electron chi connectivity index (χ3n) is 7.23. The van der Waals surface area contributed by atoms with Crippen molar-refractivity contribution < 1.29 is 18.8 Å². The third-order valence-corrected chi connectivity index (χ3v) is 7.23. The van der Waals surface area contributed by atoms with Crippen LogP contribution in [0.25, 0.3) is 0 Å². The van der Waals surface area contributed by atoms with Crippen molar-refractivity contribution in [3.63, 3.8) is 0 Å². The SMILES string of the molecule is Cc1c(C(=O)C(=O)NC2(c3c[nH]nn3)CC2)c2n(c1C(=O)Nc1ccc(F)c(C#N)c1)[C@@H]1CC1C2. The number of carbonyl (C=O) groups is 3. The molecule has 0 bridgehead atoms. The number of aromatic nitrogens is 4. The molecule has 3 aromatic rings. The largest absolute Gasteiger partial charge is 0.338 e. The highest BCUT2D eigenvalue weighted by Crippen LogP contribution is 2.54. The average molecular weight is 473 g/mol. The zero-order valence-electron chi connectivity index (χ0n) is 18.7. The summed E-state index contributed by atoms with van der Waals surface area (Å²) in [5, 5.41) is 24.9. The summed E-state index contributed by atoms with van der Waals surface area (Å²) >= 11 is 0. The number of fused-ring (bicyclic) bond motifs is 3. The molecule has 2 saturated carbocycles. The number of nitriles is 1. The zero-order chi connectivity index (χ0) is 24.5. The van der Waals surface area contributed by atoms with Gasteiger partial charge in [-0.25, -0.2) is 4.39 Å². The molecule has 2 atom stereocenters. The van der Waals surface area contributed by atoms with Gasteiger partial charge in [0.15, 0.2) is 0 Å². The fraction of sp³-hybridized carbons (Fsp3) is 0.333. The van der Waals surface area contributed by atoms with Gasteiger partial charge in [0, 0.05) is 23.6 Å². The van der Waals surface area contributed by atoms with Gasteiger partial charge in [0.25, 0.3) is 17.6 Å². The second kappa shape index (κ2) is 7.33. The Balaban J connectivity index is 1.31. The van der Waals surface area contributed by atoms with Gasteiger partial charge >= 0.3 is 0 Å². The summed E-state index contributed by atoms with van der Waals surface area (Å²) in [6.45, 7) is 1.66. The van der Waals surface area contributed by atoms with E-state index in [0.29, 0.717) is 47.8 Å². The fourth-order valence-electron chi connectivity index (χ4n) is 5.21. The molecule has 2 fully saturated rings. The predicted octanol–water partition coefficient (Wildman–Crippen LogP) is 2.28. The highest BCUT2D eigenvalue weighted by molar-refractivity contribution is 6.44. The molecule has 35 heavy (non-hydrogen) atoms. The number of nitrogens with zero attached hydrogens (tertiary/aromatic N) is 4. The van der Waals surface area contributed by atoms with Crippen molar-refractivity contribution in [3.05, 3.63) is 64.0 Å². The number of halogens is 1. The first-order valence-corrected chi connectivity index (χ1v) is 11.3. The zero-order valence-corrected chi connectivity index (χ0v) is 18.7. The van der Waals surface area contributed by atoms with Crippen LogP contribution in [0.3, 0.4) is 0 Å². The Morgan fingerprint density at radius 2 is 2.11 bits per heavy atom.